The van der Waals surface area contributed by atoms with Crippen LogP contribution in [-0.4, -0.2) is 19.5 Å². The Bertz CT molecular complexity index is 1680. The highest BCUT2D eigenvalue weighted by atomic mass is 32.2. The van der Waals surface area contributed by atoms with E-state index >= 15 is 0 Å². The van der Waals surface area contributed by atoms with Gasteiger partial charge in [0.2, 0.25) is 11.6 Å². The predicted molar refractivity (Wildman–Crippen MR) is 150 cm³/mol. The molecule has 4 rings (SSSR count). The zero-order valence-corrected chi connectivity index (χ0v) is 24.0. The molecule has 0 atom stereocenters. The molecule has 1 heterocycles. The Hall–Kier alpha value is -4.05. The summed E-state index contributed by atoms with van der Waals surface area (Å²) in [6.07, 6.45) is -4.78. The molecule has 0 saturated heterocycles. The van der Waals surface area contributed by atoms with Crippen molar-refractivity contribution in [2.24, 2.45) is 0 Å². The van der Waals surface area contributed by atoms with E-state index in [1.165, 1.54) is 0 Å². The molecule has 0 radical (unpaired) electrons. The molecule has 4 aromatic rings. The molecule has 216 valence electrons. The highest BCUT2D eigenvalue weighted by Crippen LogP contribution is 2.37. The number of carboxylic acid groups (broad SMARTS) is 1. The van der Waals surface area contributed by atoms with Gasteiger partial charge in [-0.2, -0.15) is 13.2 Å². The van der Waals surface area contributed by atoms with Gasteiger partial charge in [0.05, 0.1) is 16.9 Å². The summed E-state index contributed by atoms with van der Waals surface area (Å²) in [6.45, 7) is 8.06. The molecule has 0 unspecified atom stereocenters. The number of nitrogens with zero attached hydrogens (tertiary/aromatic N) is 1. The van der Waals surface area contributed by atoms with E-state index in [1.807, 2.05) is 13.0 Å². The molecule has 10 heteroatoms. The van der Waals surface area contributed by atoms with Crippen LogP contribution in [0.15, 0.2) is 82.1 Å². The van der Waals surface area contributed by atoms with E-state index in [2.05, 4.69) is 0 Å². The topological polar surface area (TPSA) is 87.8 Å². The van der Waals surface area contributed by atoms with Crippen LogP contribution in [0.1, 0.15) is 47.4 Å². The number of rotatable bonds is 8. The highest BCUT2D eigenvalue weighted by Gasteiger charge is 2.37. The number of hydrogen-bond acceptors (Lipinski definition) is 4. The number of carbonyl (C=O) groups is 1. The van der Waals surface area contributed by atoms with Gasteiger partial charge in [-0.15, -0.1) is 0 Å². The van der Waals surface area contributed by atoms with E-state index in [0.717, 1.165) is 27.1 Å². The third kappa shape index (κ3) is 6.02. The van der Waals surface area contributed by atoms with E-state index in [-0.39, 0.29) is 11.4 Å². The number of anilines is 1. The van der Waals surface area contributed by atoms with E-state index in [1.54, 1.807) is 82.3 Å². The average molecular weight is 586 g/mol. The van der Waals surface area contributed by atoms with Crippen LogP contribution in [0, 0.1) is 20.8 Å². The molecule has 3 aromatic carbocycles. The lowest BCUT2D eigenvalue weighted by atomic mass is 9.83. The maximum atomic E-state index is 14.0. The van der Waals surface area contributed by atoms with Crippen molar-refractivity contribution in [3.05, 3.63) is 106 Å². The molecule has 0 aliphatic heterocycles. The monoisotopic (exact) mass is 585 g/mol. The van der Waals surface area contributed by atoms with Gasteiger partial charge in [-0.05, 0) is 74.1 Å². The molecule has 6 nitrogen and oxygen atoms in total. The van der Waals surface area contributed by atoms with Gasteiger partial charge >= 0.3 is 12.1 Å². The maximum Gasteiger partial charge on any atom is 0.449 e. The van der Waals surface area contributed by atoms with E-state index in [4.69, 9.17) is 4.42 Å². The highest BCUT2D eigenvalue weighted by molar-refractivity contribution is 7.92. The molecular weight excluding hydrogens is 555 g/mol. The van der Waals surface area contributed by atoms with Crippen molar-refractivity contribution in [2.75, 3.05) is 4.31 Å². The van der Waals surface area contributed by atoms with E-state index in [0.29, 0.717) is 28.3 Å². The average Bonchev–Trinajstić information content (AvgIpc) is 3.37. The number of benzene rings is 3. The number of carboxylic acids is 1. The quantitative estimate of drug-likeness (QED) is 0.230. The Labute approximate surface area is 237 Å². The lowest BCUT2D eigenvalue weighted by Gasteiger charge is -2.24. The summed E-state index contributed by atoms with van der Waals surface area (Å²) in [5.74, 6) is -2.72. The van der Waals surface area contributed by atoms with Crippen molar-refractivity contribution in [3.8, 4) is 11.1 Å². The summed E-state index contributed by atoms with van der Waals surface area (Å²) in [4.78, 5) is 11.7. The molecular formula is C31H30F3NO5S. The summed E-state index contributed by atoms with van der Waals surface area (Å²) in [5.41, 5.74) is 3.33. The smallest absolute Gasteiger partial charge is 0.449 e. The number of furan rings is 1. The number of alkyl halides is 3. The standard InChI is InChI=1S/C31H30F3NO5S/c1-19-15-20(2)28(21(3)16-19)41(38,39)35(27-14-13-26(40-27)31(32,33)34)18-22-9-11-23(12-10-22)24-7-6-8-25(17-24)30(4,5)29(36)37/h6-17H,18H2,1-5H3,(H,36,37). The number of aliphatic carboxylic acids is 1. The third-order valence-corrected chi connectivity index (χ3v) is 9.05. The van der Waals surface area contributed by atoms with E-state index < -0.39 is 39.2 Å². The van der Waals surface area contributed by atoms with Crippen LogP contribution in [-0.2, 0) is 33.0 Å². The van der Waals surface area contributed by atoms with Crippen LogP contribution < -0.4 is 4.31 Å². The van der Waals surface area contributed by atoms with Gasteiger partial charge < -0.3 is 9.52 Å². The normalized spacial score (nSPS) is 12.4. The minimum absolute atomic E-state index is 0.00235. The largest absolute Gasteiger partial charge is 0.481 e. The first-order valence-corrected chi connectivity index (χ1v) is 14.2. The van der Waals surface area contributed by atoms with Crippen LogP contribution in [0.2, 0.25) is 0 Å². The number of sulfonamides is 1. The predicted octanol–water partition coefficient (Wildman–Crippen LogP) is 7.65. The first kappa shape index (κ1) is 29.9. The lowest BCUT2D eigenvalue weighted by molar-refractivity contribution is -0.152. The summed E-state index contributed by atoms with van der Waals surface area (Å²) < 4.78 is 73.8. The van der Waals surface area contributed by atoms with Crippen LogP contribution in [0.25, 0.3) is 11.1 Å². The van der Waals surface area contributed by atoms with Crippen molar-refractivity contribution < 1.29 is 35.9 Å². The van der Waals surface area contributed by atoms with Gasteiger partial charge in [0, 0.05) is 6.07 Å². The van der Waals surface area contributed by atoms with Gasteiger partial charge in [-0.1, -0.05) is 66.2 Å². The molecule has 0 aliphatic carbocycles. The molecule has 0 bridgehead atoms. The van der Waals surface area contributed by atoms with Crippen LogP contribution >= 0.6 is 0 Å². The lowest BCUT2D eigenvalue weighted by Crippen LogP contribution is -2.31. The second kappa shape index (κ2) is 10.7. The van der Waals surface area contributed by atoms with Crippen LogP contribution in [0.3, 0.4) is 0 Å². The Morgan fingerprint density at radius 2 is 1.49 bits per heavy atom. The fourth-order valence-electron chi connectivity index (χ4n) is 4.76. The number of aryl methyl sites for hydroxylation is 3. The zero-order valence-electron chi connectivity index (χ0n) is 23.2. The molecule has 1 N–H and O–H groups in total. The zero-order chi connectivity index (χ0) is 30.3. The molecule has 0 saturated carbocycles. The van der Waals surface area contributed by atoms with E-state index in [9.17, 15) is 31.5 Å². The second-order valence-corrected chi connectivity index (χ2v) is 12.4. The van der Waals surface area contributed by atoms with Gasteiger partial charge in [-0.3, -0.25) is 4.79 Å². The van der Waals surface area contributed by atoms with Crippen LogP contribution in [0.4, 0.5) is 19.1 Å². The Kier molecular flexibility index (Phi) is 7.84. The molecule has 0 amide bonds. The van der Waals surface area contributed by atoms with Gasteiger partial charge in [0.15, 0.2) is 0 Å². The minimum Gasteiger partial charge on any atom is -0.481 e. The summed E-state index contributed by atoms with van der Waals surface area (Å²) in [7, 11) is -4.34. The minimum atomic E-state index is -4.78. The SMILES string of the molecule is Cc1cc(C)c(S(=O)(=O)N(Cc2ccc(-c3cccc(C(C)(C)C(=O)O)c3)cc2)c2ccc(C(F)(F)F)o2)c(C)c1. The Balaban J connectivity index is 1.74. The summed E-state index contributed by atoms with van der Waals surface area (Å²) in [6, 6.07) is 19.1. The van der Waals surface area contributed by atoms with Crippen molar-refractivity contribution in [1.29, 1.82) is 0 Å². The van der Waals surface area contributed by atoms with Crippen molar-refractivity contribution >= 4 is 21.9 Å². The van der Waals surface area contributed by atoms with Crippen molar-refractivity contribution in [3.63, 3.8) is 0 Å². The van der Waals surface area contributed by atoms with Crippen molar-refractivity contribution in [2.45, 2.75) is 57.7 Å². The Morgan fingerprint density at radius 1 is 0.878 bits per heavy atom. The summed E-state index contributed by atoms with van der Waals surface area (Å²) in [5, 5.41) is 9.59. The molecule has 0 aliphatic rings. The van der Waals surface area contributed by atoms with Crippen molar-refractivity contribution in [1.82, 2.24) is 0 Å². The first-order chi connectivity index (χ1) is 19.0. The second-order valence-electron chi connectivity index (χ2n) is 10.6. The number of halogens is 3. The van der Waals surface area contributed by atoms with Gasteiger partial charge in [0.1, 0.15) is 0 Å². The molecule has 1 aromatic heterocycles. The molecule has 41 heavy (non-hydrogen) atoms. The first-order valence-electron chi connectivity index (χ1n) is 12.7. The third-order valence-electron chi connectivity index (χ3n) is 7.00. The Morgan fingerprint density at radius 3 is 2.02 bits per heavy atom. The van der Waals surface area contributed by atoms with Gasteiger partial charge in [0.25, 0.3) is 10.0 Å². The fraction of sp³-hybridized carbons (Fsp3) is 0.258. The van der Waals surface area contributed by atoms with Crippen LogP contribution in [0.5, 0.6) is 0 Å². The van der Waals surface area contributed by atoms with Gasteiger partial charge in [-0.25, -0.2) is 12.7 Å². The molecule has 0 fully saturated rings. The maximum absolute atomic E-state index is 14.0. The molecule has 0 spiro atoms. The fourth-order valence-corrected chi connectivity index (χ4v) is 6.56. The number of hydrogen-bond donors (Lipinski definition) is 1. The summed E-state index contributed by atoms with van der Waals surface area (Å²) >= 11 is 0.